The van der Waals surface area contributed by atoms with Gasteiger partial charge in [0.15, 0.2) is 16.8 Å². The van der Waals surface area contributed by atoms with Gasteiger partial charge in [-0.2, -0.15) is 0 Å². The van der Waals surface area contributed by atoms with Gasteiger partial charge in [-0.25, -0.2) is 0 Å². The van der Waals surface area contributed by atoms with Crippen LogP contribution in [0.25, 0.3) is 17.1 Å². The van der Waals surface area contributed by atoms with Crippen LogP contribution in [0.1, 0.15) is 22.8 Å². The summed E-state index contributed by atoms with van der Waals surface area (Å²) in [4.78, 5) is 12.8. The minimum Gasteiger partial charge on any atom is -0.497 e. The lowest BCUT2D eigenvalue weighted by atomic mass is 10.1. The fourth-order valence-corrected chi connectivity index (χ4v) is 4.24. The number of aromatic nitrogens is 3. The monoisotopic (exact) mass is 459 g/mol. The van der Waals surface area contributed by atoms with E-state index >= 15 is 0 Å². The van der Waals surface area contributed by atoms with Crippen molar-refractivity contribution in [1.29, 1.82) is 0 Å². The maximum Gasteiger partial charge on any atom is 0.196 e. The number of Topliss-reactive ketones (excluding diaryl/α,β-unsaturated/α-hetero) is 1. The summed E-state index contributed by atoms with van der Waals surface area (Å²) in [5.74, 6) is 2.53. The summed E-state index contributed by atoms with van der Waals surface area (Å²) in [5, 5.41) is 9.49. The van der Waals surface area contributed by atoms with Gasteiger partial charge < -0.3 is 9.47 Å². The van der Waals surface area contributed by atoms with Crippen molar-refractivity contribution in [2.45, 2.75) is 18.5 Å². The van der Waals surface area contributed by atoms with E-state index in [1.165, 1.54) is 17.3 Å². The Morgan fingerprint density at radius 2 is 1.45 bits per heavy atom. The molecule has 0 N–H and O–H groups in total. The van der Waals surface area contributed by atoms with Gasteiger partial charge in [-0.05, 0) is 60.5 Å². The van der Waals surface area contributed by atoms with Gasteiger partial charge in [-0.15, -0.1) is 10.2 Å². The Labute approximate surface area is 197 Å². The Balaban J connectivity index is 1.64. The molecule has 0 atom stereocenters. The number of rotatable bonds is 9. The molecule has 0 spiro atoms. The molecule has 0 fully saturated rings. The second-order valence-electron chi connectivity index (χ2n) is 7.33. The first-order valence-corrected chi connectivity index (χ1v) is 11.6. The third-order valence-corrected chi connectivity index (χ3v) is 6.26. The number of carbonyl (C=O) groups excluding carboxylic acids is 1. The lowest BCUT2D eigenvalue weighted by molar-refractivity contribution is 0.102. The van der Waals surface area contributed by atoms with Gasteiger partial charge in [0.05, 0.1) is 20.0 Å². The molecule has 1 aromatic heterocycles. The first-order chi connectivity index (χ1) is 16.1. The van der Waals surface area contributed by atoms with Gasteiger partial charge in [0.1, 0.15) is 11.5 Å². The topological polar surface area (TPSA) is 66.2 Å². The molecule has 6 nitrogen and oxygen atoms in total. The molecule has 0 saturated heterocycles. The van der Waals surface area contributed by atoms with Crippen LogP contribution in [-0.2, 0) is 6.42 Å². The van der Waals surface area contributed by atoms with E-state index in [0.717, 1.165) is 29.2 Å². The van der Waals surface area contributed by atoms with Gasteiger partial charge >= 0.3 is 0 Å². The smallest absolute Gasteiger partial charge is 0.196 e. The summed E-state index contributed by atoms with van der Waals surface area (Å²) < 4.78 is 12.5. The fraction of sp³-hybridized carbons (Fsp3) is 0.192. The van der Waals surface area contributed by atoms with Crippen molar-refractivity contribution in [3.63, 3.8) is 0 Å². The summed E-state index contributed by atoms with van der Waals surface area (Å²) in [7, 11) is 3.27. The molecule has 4 aromatic rings. The van der Waals surface area contributed by atoms with Crippen molar-refractivity contribution >= 4 is 17.5 Å². The molecular formula is C26H25N3O3S. The van der Waals surface area contributed by atoms with Crippen LogP contribution >= 0.6 is 11.8 Å². The molecule has 7 heteroatoms. The average Bonchev–Trinajstić information content (AvgIpc) is 3.31. The maximum atomic E-state index is 12.8. The van der Waals surface area contributed by atoms with Crippen LogP contribution in [0.3, 0.4) is 0 Å². The van der Waals surface area contributed by atoms with E-state index in [1.807, 2.05) is 77.4 Å². The number of carbonyl (C=O) groups is 1. The standard InChI is InChI=1S/C26H25N3O3S/c1-4-18-5-7-19(8-6-18)24(30)17-33-26-28-27-25(20-9-13-22(31-2)14-10-20)29(26)21-11-15-23(32-3)16-12-21/h5-16H,4,17H2,1-3H3. The summed E-state index contributed by atoms with van der Waals surface area (Å²) in [6.07, 6.45) is 0.947. The molecular weight excluding hydrogens is 434 g/mol. The van der Waals surface area contributed by atoms with Crippen LogP contribution in [0, 0.1) is 0 Å². The Bertz CT molecular complexity index is 1220. The van der Waals surface area contributed by atoms with Crippen LogP contribution in [0.4, 0.5) is 0 Å². The lowest BCUT2D eigenvalue weighted by Crippen LogP contribution is -2.05. The largest absolute Gasteiger partial charge is 0.497 e. The van der Waals surface area contributed by atoms with Crippen LogP contribution in [0.15, 0.2) is 78.0 Å². The molecule has 0 amide bonds. The number of ether oxygens (including phenoxy) is 2. The van der Waals surface area contributed by atoms with E-state index in [0.29, 0.717) is 16.5 Å². The second-order valence-corrected chi connectivity index (χ2v) is 8.27. The van der Waals surface area contributed by atoms with Gasteiger partial charge in [-0.1, -0.05) is 43.0 Å². The zero-order chi connectivity index (χ0) is 23.2. The quantitative estimate of drug-likeness (QED) is 0.244. The highest BCUT2D eigenvalue weighted by Crippen LogP contribution is 2.30. The number of hydrogen-bond acceptors (Lipinski definition) is 6. The number of methoxy groups -OCH3 is 2. The zero-order valence-corrected chi connectivity index (χ0v) is 19.6. The van der Waals surface area contributed by atoms with Gasteiger partial charge in [-0.3, -0.25) is 9.36 Å². The van der Waals surface area contributed by atoms with Crippen molar-refractivity contribution in [2.75, 3.05) is 20.0 Å². The molecule has 0 bridgehead atoms. The molecule has 4 rings (SSSR count). The third-order valence-electron chi connectivity index (χ3n) is 5.33. The molecule has 0 aliphatic carbocycles. The number of nitrogens with zero attached hydrogens (tertiary/aromatic N) is 3. The molecule has 168 valence electrons. The SMILES string of the molecule is CCc1ccc(C(=O)CSc2nnc(-c3ccc(OC)cc3)n2-c2ccc(OC)cc2)cc1. The summed E-state index contributed by atoms with van der Waals surface area (Å²) in [6.45, 7) is 2.10. The Morgan fingerprint density at radius 1 is 0.848 bits per heavy atom. The highest BCUT2D eigenvalue weighted by Gasteiger charge is 2.18. The van der Waals surface area contributed by atoms with Crippen LogP contribution < -0.4 is 9.47 Å². The average molecular weight is 460 g/mol. The number of benzene rings is 3. The van der Waals surface area contributed by atoms with E-state index in [9.17, 15) is 4.79 Å². The van der Waals surface area contributed by atoms with Crippen molar-refractivity contribution < 1.29 is 14.3 Å². The number of thioether (sulfide) groups is 1. The Kier molecular flexibility index (Phi) is 7.10. The molecule has 3 aromatic carbocycles. The highest BCUT2D eigenvalue weighted by molar-refractivity contribution is 7.99. The van der Waals surface area contributed by atoms with Crippen molar-refractivity contribution in [1.82, 2.24) is 14.8 Å². The molecule has 0 aliphatic heterocycles. The molecule has 0 unspecified atom stereocenters. The first-order valence-electron chi connectivity index (χ1n) is 10.6. The van der Waals surface area contributed by atoms with Crippen LogP contribution in [0.5, 0.6) is 11.5 Å². The minimum absolute atomic E-state index is 0.0536. The zero-order valence-electron chi connectivity index (χ0n) is 18.8. The molecule has 33 heavy (non-hydrogen) atoms. The maximum absolute atomic E-state index is 12.8. The molecule has 1 heterocycles. The molecule has 0 saturated carbocycles. The summed E-state index contributed by atoms with van der Waals surface area (Å²) >= 11 is 1.37. The van der Waals surface area contributed by atoms with E-state index in [1.54, 1.807) is 14.2 Å². The number of ketones is 1. The van der Waals surface area contributed by atoms with Gasteiger partial charge in [0.2, 0.25) is 0 Å². The summed E-state index contributed by atoms with van der Waals surface area (Å²) in [6, 6.07) is 23.1. The minimum atomic E-state index is 0.0536. The third kappa shape index (κ3) is 5.09. The predicted molar refractivity (Wildman–Crippen MR) is 131 cm³/mol. The Hall–Kier alpha value is -3.58. The van der Waals surface area contributed by atoms with E-state index < -0.39 is 0 Å². The van der Waals surface area contributed by atoms with Gasteiger partial charge in [0, 0.05) is 16.8 Å². The number of hydrogen-bond donors (Lipinski definition) is 0. The second kappa shape index (κ2) is 10.4. The van der Waals surface area contributed by atoms with Crippen LogP contribution in [-0.4, -0.2) is 40.5 Å². The van der Waals surface area contributed by atoms with Gasteiger partial charge in [0.25, 0.3) is 0 Å². The van der Waals surface area contributed by atoms with E-state index in [2.05, 4.69) is 17.1 Å². The van der Waals surface area contributed by atoms with Crippen molar-refractivity contribution in [3.8, 4) is 28.6 Å². The lowest BCUT2D eigenvalue weighted by Gasteiger charge is -2.11. The Morgan fingerprint density at radius 3 is 2.03 bits per heavy atom. The molecule has 0 radical (unpaired) electrons. The fourth-order valence-electron chi connectivity index (χ4n) is 3.39. The first kappa shape index (κ1) is 22.6. The van der Waals surface area contributed by atoms with Crippen molar-refractivity contribution in [2.24, 2.45) is 0 Å². The predicted octanol–water partition coefficient (Wildman–Crippen LogP) is 5.49. The number of aryl methyl sites for hydroxylation is 1. The molecule has 0 aliphatic rings. The normalized spacial score (nSPS) is 10.8. The van der Waals surface area contributed by atoms with Crippen molar-refractivity contribution in [3.05, 3.63) is 83.9 Å². The highest BCUT2D eigenvalue weighted by atomic mass is 32.2. The van der Waals surface area contributed by atoms with E-state index in [-0.39, 0.29) is 11.5 Å². The summed E-state index contributed by atoms with van der Waals surface area (Å²) in [5.41, 5.74) is 3.69. The van der Waals surface area contributed by atoms with Crippen LogP contribution in [0.2, 0.25) is 0 Å². The van der Waals surface area contributed by atoms with E-state index in [4.69, 9.17) is 9.47 Å².